The second-order valence-corrected chi connectivity index (χ2v) is 11.1. The fourth-order valence-electron chi connectivity index (χ4n) is 6.21. The molecule has 0 bridgehead atoms. The number of carbonyl (C=O) groups is 1. The van der Waals surface area contributed by atoms with E-state index < -0.39 is 0 Å². The first-order valence-corrected chi connectivity index (χ1v) is 13.9. The Balaban J connectivity index is 1.18. The molecular formula is C31H33N5O2. The van der Waals surface area contributed by atoms with E-state index in [2.05, 4.69) is 68.5 Å². The molecule has 1 aliphatic heterocycles. The lowest BCUT2D eigenvalue weighted by molar-refractivity contribution is -0.123. The highest BCUT2D eigenvalue weighted by molar-refractivity contribution is 6.00. The van der Waals surface area contributed by atoms with Crippen molar-refractivity contribution in [3.63, 3.8) is 0 Å². The Morgan fingerprint density at radius 2 is 1.79 bits per heavy atom. The van der Waals surface area contributed by atoms with Crippen molar-refractivity contribution in [2.24, 2.45) is 5.92 Å². The molecule has 1 unspecified atom stereocenters. The molecular weight excluding hydrogens is 474 g/mol. The Hall–Kier alpha value is -3.87. The smallest absolute Gasteiger partial charge is 0.223 e. The molecule has 3 N–H and O–H groups in total. The van der Waals surface area contributed by atoms with Crippen LogP contribution in [0.15, 0.2) is 61.1 Å². The number of ether oxygens (including phenoxy) is 1. The summed E-state index contributed by atoms with van der Waals surface area (Å²) in [5.74, 6) is 1.93. The van der Waals surface area contributed by atoms with Gasteiger partial charge in [-0.15, -0.1) is 0 Å². The first-order chi connectivity index (χ1) is 18.6. The molecule has 2 saturated carbocycles. The number of nitrogens with two attached hydrogens (primary N) is 1. The van der Waals surface area contributed by atoms with Gasteiger partial charge in [-0.25, -0.2) is 9.97 Å². The van der Waals surface area contributed by atoms with Crippen LogP contribution in [0.1, 0.15) is 68.2 Å². The number of hydrogen-bond acceptors (Lipinski definition) is 5. The van der Waals surface area contributed by atoms with Crippen LogP contribution in [0.2, 0.25) is 0 Å². The maximum Gasteiger partial charge on any atom is 0.223 e. The summed E-state index contributed by atoms with van der Waals surface area (Å²) in [6, 6.07) is 17.5. The van der Waals surface area contributed by atoms with Crippen LogP contribution in [0.25, 0.3) is 22.2 Å². The molecule has 2 aliphatic carbocycles. The number of aromatic nitrogens is 3. The first-order valence-electron chi connectivity index (χ1n) is 13.9. The predicted molar refractivity (Wildman–Crippen MR) is 148 cm³/mol. The van der Waals surface area contributed by atoms with Crippen molar-refractivity contribution in [2.45, 2.75) is 69.6 Å². The Kier molecular flexibility index (Phi) is 5.79. The van der Waals surface area contributed by atoms with E-state index in [1.165, 1.54) is 11.1 Å². The number of nitrogens with one attached hydrogen (secondary N) is 1. The Morgan fingerprint density at radius 1 is 0.974 bits per heavy atom. The number of hydrogen-bond donors (Lipinski definition) is 2. The minimum atomic E-state index is 0.0595. The van der Waals surface area contributed by atoms with Crippen LogP contribution in [-0.4, -0.2) is 26.5 Å². The number of nitrogens with zero attached hydrogens (tertiary/aromatic N) is 3. The van der Waals surface area contributed by atoms with Gasteiger partial charge in [-0.2, -0.15) is 0 Å². The SMILES string of the molecule is Nc1ncnc2c1c(-c1ccc3c(c1)OC(c1ccccc1)CC3)cn2[C@H]1CC[C@@H](NC(=O)C2CC2)CC1. The second-order valence-electron chi connectivity index (χ2n) is 11.1. The molecule has 38 heavy (non-hydrogen) atoms. The van der Waals surface area contributed by atoms with Gasteiger partial charge in [-0.3, -0.25) is 4.79 Å². The van der Waals surface area contributed by atoms with Gasteiger partial charge >= 0.3 is 0 Å². The van der Waals surface area contributed by atoms with E-state index in [1.807, 2.05) is 6.07 Å². The summed E-state index contributed by atoms with van der Waals surface area (Å²) in [5, 5.41) is 4.16. The Bertz CT molecular complexity index is 1490. The topological polar surface area (TPSA) is 95.1 Å². The maximum absolute atomic E-state index is 12.2. The van der Waals surface area contributed by atoms with E-state index in [1.54, 1.807) is 6.33 Å². The van der Waals surface area contributed by atoms with Gasteiger partial charge in [0.15, 0.2) is 0 Å². The van der Waals surface area contributed by atoms with Gasteiger partial charge in [0.2, 0.25) is 5.91 Å². The fourth-order valence-corrected chi connectivity index (χ4v) is 6.21. The van der Waals surface area contributed by atoms with E-state index in [4.69, 9.17) is 10.5 Å². The summed E-state index contributed by atoms with van der Waals surface area (Å²) in [6.07, 6.45) is 11.8. The van der Waals surface area contributed by atoms with Crippen molar-refractivity contribution in [1.29, 1.82) is 0 Å². The first kappa shape index (κ1) is 23.3. The summed E-state index contributed by atoms with van der Waals surface area (Å²) >= 11 is 0. The van der Waals surface area contributed by atoms with Gasteiger partial charge in [-0.1, -0.05) is 42.5 Å². The lowest BCUT2D eigenvalue weighted by Crippen LogP contribution is -2.38. The Morgan fingerprint density at radius 3 is 2.58 bits per heavy atom. The highest BCUT2D eigenvalue weighted by Crippen LogP contribution is 2.42. The molecule has 7 rings (SSSR count). The van der Waals surface area contributed by atoms with Gasteiger partial charge in [0.1, 0.15) is 29.6 Å². The van der Waals surface area contributed by atoms with E-state index >= 15 is 0 Å². The lowest BCUT2D eigenvalue weighted by Gasteiger charge is -2.30. The van der Waals surface area contributed by atoms with Crippen LogP contribution in [0.3, 0.4) is 0 Å². The highest BCUT2D eigenvalue weighted by Gasteiger charge is 2.33. The molecule has 2 aromatic carbocycles. The number of aryl methyl sites for hydroxylation is 1. The van der Waals surface area contributed by atoms with Crippen molar-refractivity contribution >= 4 is 22.8 Å². The van der Waals surface area contributed by atoms with E-state index in [0.29, 0.717) is 11.9 Å². The normalized spacial score (nSPS) is 23.0. The van der Waals surface area contributed by atoms with Gasteiger partial charge in [0.05, 0.1) is 5.39 Å². The van der Waals surface area contributed by atoms with Crippen molar-refractivity contribution < 1.29 is 9.53 Å². The number of carbonyl (C=O) groups excluding carboxylic acids is 1. The van der Waals surface area contributed by atoms with Crippen LogP contribution >= 0.6 is 0 Å². The van der Waals surface area contributed by atoms with Crippen molar-refractivity contribution in [3.8, 4) is 16.9 Å². The molecule has 1 atom stereocenters. The largest absolute Gasteiger partial charge is 0.485 e. The molecule has 4 aromatic rings. The van der Waals surface area contributed by atoms with E-state index in [-0.39, 0.29) is 24.0 Å². The van der Waals surface area contributed by atoms with E-state index in [0.717, 1.165) is 79.3 Å². The van der Waals surface area contributed by atoms with Crippen LogP contribution in [0.5, 0.6) is 5.75 Å². The molecule has 0 radical (unpaired) electrons. The number of rotatable bonds is 5. The average Bonchev–Trinajstić information content (AvgIpc) is 3.74. The van der Waals surface area contributed by atoms with E-state index in [9.17, 15) is 4.79 Å². The molecule has 2 fully saturated rings. The molecule has 3 heterocycles. The number of anilines is 1. The summed E-state index contributed by atoms with van der Waals surface area (Å²) in [7, 11) is 0. The number of amides is 1. The average molecular weight is 508 g/mol. The number of benzene rings is 2. The third-order valence-electron chi connectivity index (χ3n) is 8.52. The monoisotopic (exact) mass is 507 g/mol. The number of nitrogen functional groups attached to an aromatic ring is 1. The summed E-state index contributed by atoms with van der Waals surface area (Å²) in [6.45, 7) is 0. The minimum Gasteiger partial charge on any atom is -0.485 e. The van der Waals surface area contributed by atoms with Crippen LogP contribution in [-0.2, 0) is 11.2 Å². The zero-order valence-corrected chi connectivity index (χ0v) is 21.5. The molecule has 194 valence electrons. The second kappa shape index (κ2) is 9.46. The number of fused-ring (bicyclic) bond motifs is 2. The van der Waals surface area contributed by atoms with Crippen LogP contribution in [0.4, 0.5) is 5.82 Å². The van der Waals surface area contributed by atoms with Gasteiger partial charge in [-0.05, 0) is 74.1 Å². The molecule has 2 aromatic heterocycles. The third-order valence-corrected chi connectivity index (χ3v) is 8.52. The zero-order chi connectivity index (χ0) is 25.6. The van der Waals surface area contributed by atoms with Gasteiger partial charge < -0.3 is 20.4 Å². The van der Waals surface area contributed by atoms with Crippen molar-refractivity contribution in [3.05, 3.63) is 72.2 Å². The fraction of sp³-hybridized carbons (Fsp3) is 0.387. The lowest BCUT2D eigenvalue weighted by atomic mass is 9.91. The molecule has 3 aliphatic rings. The summed E-state index contributed by atoms with van der Waals surface area (Å²) in [5.41, 5.74) is 11.9. The molecule has 7 nitrogen and oxygen atoms in total. The third kappa shape index (κ3) is 4.30. The maximum atomic E-state index is 12.2. The summed E-state index contributed by atoms with van der Waals surface area (Å²) < 4.78 is 8.79. The molecule has 0 saturated heterocycles. The minimum absolute atomic E-state index is 0.0595. The Labute approximate surface area is 222 Å². The van der Waals surface area contributed by atoms with Gasteiger partial charge in [0.25, 0.3) is 0 Å². The van der Waals surface area contributed by atoms with Crippen LogP contribution < -0.4 is 15.8 Å². The van der Waals surface area contributed by atoms with Crippen molar-refractivity contribution in [1.82, 2.24) is 19.9 Å². The predicted octanol–water partition coefficient (Wildman–Crippen LogP) is 5.76. The molecule has 1 amide bonds. The van der Waals surface area contributed by atoms with Gasteiger partial charge in [0, 0.05) is 29.8 Å². The summed E-state index contributed by atoms with van der Waals surface area (Å²) in [4.78, 5) is 21.2. The highest BCUT2D eigenvalue weighted by atomic mass is 16.5. The van der Waals surface area contributed by atoms with Crippen LogP contribution in [0, 0.1) is 5.92 Å². The standard InChI is InChI=1S/C31H33N5O2/c32-29-28-25(22-9-6-20-10-15-26(38-27(20)16-22)19-4-2-1-3-5-19)17-36(30(28)34-18-33-29)24-13-11-23(12-14-24)35-31(37)21-7-8-21/h1-6,9,16-18,21,23-24,26H,7-8,10-15H2,(H,35,37)(H2,32,33,34)/t23-,24+,26?. The quantitative estimate of drug-likeness (QED) is 0.358. The van der Waals surface area contributed by atoms with Crippen molar-refractivity contribution in [2.75, 3.05) is 5.73 Å². The zero-order valence-electron chi connectivity index (χ0n) is 21.5. The molecule has 0 spiro atoms. The molecule has 7 heteroatoms.